The van der Waals surface area contributed by atoms with E-state index >= 15 is 0 Å². The molecule has 0 spiro atoms. The normalized spacial score (nSPS) is 21.8. The van der Waals surface area contributed by atoms with Crippen molar-refractivity contribution >= 4 is 11.6 Å². The summed E-state index contributed by atoms with van der Waals surface area (Å²) in [6.45, 7) is 9.67. The van der Waals surface area contributed by atoms with Crippen molar-refractivity contribution in [3.05, 3.63) is 48.3 Å². The second-order valence-electron chi connectivity index (χ2n) is 8.51. The van der Waals surface area contributed by atoms with Gasteiger partial charge in [-0.15, -0.1) is 0 Å². The topological polar surface area (TPSA) is 51.9 Å². The van der Waals surface area contributed by atoms with Gasteiger partial charge in [-0.1, -0.05) is 18.2 Å². The van der Waals surface area contributed by atoms with Crippen molar-refractivity contribution in [2.24, 2.45) is 12.0 Å². The molecule has 4 rings (SSSR count). The predicted molar refractivity (Wildman–Crippen MR) is 123 cm³/mol. The number of rotatable bonds is 5. The number of guanidine groups is 1. The molecule has 0 aliphatic carbocycles. The van der Waals surface area contributed by atoms with Gasteiger partial charge < -0.3 is 15.1 Å². The molecule has 2 aliphatic rings. The lowest BCUT2D eigenvalue weighted by atomic mass is 10.0. The average molecular weight is 410 g/mol. The molecule has 7 nitrogen and oxygen atoms in total. The van der Waals surface area contributed by atoms with Crippen LogP contribution in [0.25, 0.3) is 0 Å². The highest BCUT2D eigenvalue weighted by atomic mass is 15.3. The van der Waals surface area contributed by atoms with E-state index in [1.807, 2.05) is 25.0 Å². The van der Waals surface area contributed by atoms with Gasteiger partial charge in [0.15, 0.2) is 5.96 Å². The molecule has 0 radical (unpaired) electrons. The van der Waals surface area contributed by atoms with Gasteiger partial charge >= 0.3 is 0 Å². The fourth-order valence-corrected chi connectivity index (χ4v) is 4.64. The summed E-state index contributed by atoms with van der Waals surface area (Å²) in [6, 6.07) is 11.2. The van der Waals surface area contributed by atoms with Crippen LogP contribution in [0.3, 0.4) is 0 Å². The molecule has 1 aromatic carbocycles. The zero-order valence-electron chi connectivity index (χ0n) is 18.5. The molecule has 2 aromatic rings. The molecular formula is C23H35N7. The van der Waals surface area contributed by atoms with Crippen molar-refractivity contribution < 1.29 is 0 Å². The molecule has 162 valence electrons. The molecule has 2 unspecified atom stereocenters. The highest BCUT2D eigenvalue weighted by Gasteiger charge is 2.27. The molecule has 1 N–H and O–H groups in total. The van der Waals surface area contributed by atoms with Gasteiger partial charge in [-0.05, 0) is 31.0 Å². The molecule has 3 heterocycles. The van der Waals surface area contributed by atoms with Gasteiger partial charge in [0.2, 0.25) is 0 Å². The molecule has 2 saturated heterocycles. The first-order valence-electron chi connectivity index (χ1n) is 11.1. The Morgan fingerprint density at radius 2 is 1.93 bits per heavy atom. The van der Waals surface area contributed by atoms with Gasteiger partial charge in [0.25, 0.3) is 0 Å². The van der Waals surface area contributed by atoms with Crippen LogP contribution in [-0.4, -0.2) is 84.4 Å². The smallest absolute Gasteiger partial charge is 0.193 e. The van der Waals surface area contributed by atoms with E-state index in [-0.39, 0.29) is 0 Å². The lowest BCUT2D eigenvalue weighted by Crippen LogP contribution is -2.53. The number of aryl methyl sites for hydroxylation is 1. The quantitative estimate of drug-likeness (QED) is 0.605. The van der Waals surface area contributed by atoms with Crippen LogP contribution in [0.15, 0.2) is 47.7 Å². The third-order valence-electron chi connectivity index (χ3n) is 6.51. The Balaban J connectivity index is 1.24. The summed E-state index contributed by atoms with van der Waals surface area (Å²) in [5.41, 5.74) is 2.67. The van der Waals surface area contributed by atoms with Crippen molar-refractivity contribution in [1.29, 1.82) is 0 Å². The lowest BCUT2D eigenvalue weighted by molar-refractivity contribution is 0.196. The minimum absolute atomic E-state index is 0.483. The van der Waals surface area contributed by atoms with Crippen LogP contribution in [0.1, 0.15) is 24.8 Å². The molecule has 0 amide bonds. The average Bonchev–Trinajstić information content (AvgIpc) is 3.44. The van der Waals surface area contributed by atoms with Crippen LogP contribution in [0.4, 0.5) is 5.69 Å². The number of aromatic nitrogens is 2. The van der Waals surface area contributed by atoms with E-state index in [0.29, 0.717) is 12.0 Å². The van der Waals surface area contributed by atoms with Crippen LogP contribution >= 0.6 is 0 Å². The fraction of sp³-hybridized carbons (Fsp3) is 0.565. The van der Waals surface area contributed by atoms with Crippen LogP contribution in [-0.2, 0) is 7.05 Å². The van der Waals surface area contributed by atoms with E-state index in [2.05, 4.69) is 73.6 Å². The maximum atomic E-state index is 4.56. The minimum atomic E-state index is 0.483. The second-order valence-corrected chi connectivity index (χ2v) is 8.51. The maximum Gasteiger partial charge on any atom is 0.193 e. The van der Waals surface area contributed by atoms with Crippen LogP contribution in [0.2, 0.25) is 0 Å². The number of likely N-dealkylation sites (tertiary alicyclic amines) is 1. The van der Waals surface area contributed by atoms with Crippen LogP contribution in [0.5, 0.6) is 0 Å². The van der Waals surface area contributed by atoms with E-state index in [1.165, 1.54) is 11.3 Å². The number of hydrogen-bond donors (Lipinski definition) is 1. The zero-order chi connectivity index (χ0) is 20.9. The molecule has 1 aromatic heterocycles. The highest BCUT2D eigenvalue weighted by molar-refractivity contribution is 5.80. The molecule has 0 saturated carbocycles. The second kappa shape index (κ2) is 9.51. The van der Waals surface area contributed by atoms with E-state index in [1.54, 1.807) is 0 Å². The summed E-state index contributed by atoms with van der Waals surface area (Å²) in [6.07, 6.45) is 5.30. The summed E-state index contributed by atoms with van der Waals surface area (Å²) in [7, 11) is 3.88. The third-order valence-corrected chi connectivity index (χ3v) is 6.51. The minimum Gasteiger partial charge on any atom is -0.369 e. The van der Waals surface area contributed by atoms with E-state index < -0.39 is 0 Å². The van der Waals surface area contributed by atoms with Crippen LogP contribution < -0.4 is 10.2 Å². The van der Waals surface area contributed by atoms with E-state index in [0.717, 1.165) is 58.2 Å². The van der Waals surface area contributed by atoms with Crippen molar-refractivity contribution in [2.45, 2.75) is 25.3 Å². The molecular weight excluding hydrogens is 374 g/mol. The van der Waals surface area contributed by atoms with E-state index in [9.17, 15) is 0 Å². The van der Waals surface area contributed by atoms with Crippen LogP contribution in [0, 0.1) is 0 Å². The van der Waals surface area contributed by atoms with Gasteiger partial charge in [-0.3, -0.25) is 14.6 Å². The zero-order valence-corrected chi connectivity index (χ0v) is 18.5. The van der Waals surface area contributed by atoms with E-state index in [4.69, 9.17) is 0 Å². The van der Waals surface area contributed by atoms with Gasteiger partial charge in [0.05, 0.1) is 6.20 Å². The number of benzene rings is 1. The van der Waals surface area contributed by atoms with Crippen molar-refractivity contribution in [3.8, 4) is 0 Å². The van der Waals surface area contributed by atoms with Crippen molar-refractivity contribution in [2.75, 3.05) is 57.8 Å². The Morgan fingerprint density at radius 1 is 1.17 bits per heavy atom. The van der Waals surface area contributed by atoms with Crippen molar-refractivity contribution in [1.82, 2.24) is 24.9 Å². The summed E-state index contributed by atoms with van der Waals surface area (Å²) in [5, 5.41) is 7.96. The van der Waals surface area contributed by atoms with Gasteiger partial charge in [-0.2, -0.15) is 5.10 Å². The SMILES string of the molecule is CN=C(NCC(C)N1CCN(c2ccccc2)CC1)N1CCC(c2cnn(C)c2)C1. The first-order chi connectivity index (χ1) is 14.6. The van der Waals surface area contributed by atoms with Crippen molar-refractivity contribution in [3.63, 3.8) is 0 Å². The number of para-hydroxylation sites is 1. The molecule has 0 bridgehead atoms. The predicted octanol–water partition coefficient (Wildman–Crippen LogP) is 2.00. The molecule has 7 heteroatoms. The number of anilines is 1. The Kier molecular flexibility index (Phi) is 6.57. The molecule has 2 aliphatic heterocycles. The van der Waals surface area contributed by atoms with Gasteiger partial charge in [0, 0.05) is 83.8 Å². The number of piperazine rings is 1. The Labute approximate surface area is 180 Å². The summed E-state index contributed by atoms with van der Waals surface area (Å²) < 4.78 is 1.89. The third kappa shape index (κ3) is 4.78. The number of nitrogens with zero attached hydrogens (tertiary/aromatic N) is 6. The molecule has 30 heavy (non-hydrogen) atoms. The highest BCUT2D eigenvalue weighted by Crippen LogP contribution is 2.26. The summed E-state index contributed by atoms with van der Waals surface area (Å²) in [4.78, 5) is 12.0. The first kappa shape index (κ1) is 20.7. The maximum absolute atomic E-state index is 4.56. The molecule has 2 atom stereocenters. The Bertz CT molecular complexity index is 823. The lowest BCUT2D eigenvalue weighted by Gasteiger charge is -2.39. The summed E-state index contributed by atoms with van der Waals surface area (Å²) in [5.74, 6) is 1.57. The summed E-state index contributed by atoms with van der Waals surface area (Å²) >= 11 is 0. The standard InChI is InChI=1S/C23H35N7/c1-19(28-11-13-29(14-12-28)22-7-5-4-6-8-22)15-25-23(24-2)30-10-9-20(18-30)21-16-26-27(3)17-21/h4-8,16-17,19-20H,9-15,18H2,1-3H3,(H,24,25). The fourth-order valence-electron chi connectivity index (χ4n) is 4.64. The number of nitrogens with one attached hydrogen (secondary N) is 1. The molecule has 2 fully saturated rings. The monoisotopic (exact) mass is 409 g/mol. The van der Waals surface area contributed by atoms with Gasteiger partial charge in [0.1, 0.15) is 0 Å². The van der Waals surface area contributed by atoms with Gasteiger partial charge in [-0.25, -0.2) is 0 Å². The first-order valence-corrected chi connectivity index (χ1v) is 11.1. The number of aliphatic imine (C=N–C) groups is 1. The number of hydrogen-bond acceptors (Lipinski definition) is 4. The Morgan fingerprint density at radius 3 is 2.60 bits per heavy atom. The largest absolute Gasteiger partial charge is 0.369 e. The Hall–Kier alpha value is -2.54.